The predicted octanol–water partition coefficient (Wildman–Crippen LogP) is 2.24. The van der Waals surface area contributed by atoms with Gasteiger partial charge in [0.05, 0.1) is 17.6 Å². The Kier molecular flexibility index (Phi) is 1.88. The summed E-state index contributed by atoms with van der Waals surface area (Å²) in [6.07, 6.45) is 1.88. The van der Waals surface area contributed by atoms with E-state index in [1.165, 1.54) is 0 Å². The second-order valence-electron chi connectivity index (χ2n) is 2.82. The van der Waals surface area contributed by atoms with Crippen LogP contribution in [0, 0.1) is 0 Å². The van der Waals surface area contributed by atoms with Crippen molar-refractivity contribution >= 4 is 22.5 Å². The summed E-state index contributed by atoms with van der Waals surface area (Å²) in [5, 5.41) is 5.76. The number of ether oxygens (including phenoxy) is 1. The molecule has 0 bridgehead atoms. The van der Waals surface area contributed by atoms with Crippen molar-refractivity contribution in [2.24, 2.45) is 7.05 Å². The minimum atomic E-state index is 0.619. The van der Waals surface area contributed by atoms with Gasteiger partial charge < -0.3 is 4.74 Å². The van der Waals surface area contributed by atoms with Crippen LogP contribution < -0.4 is 4.74 Å². The number of aromatic nitrogens is 2. The normalized spacial score (nSPS) is 10.7. The molecule has 3 nitrogen and oxygen atoms in total. The summed E-state index contributed by atoms with van der Waals surface area (Å²) in [6.45, 7) is 0. The third kappa shape index (κ3) is 1.25. The number of halogens is 1. The van der Waals surface area contributed by atoms with Crippen molar-refractivity contribution < 1.29 is 4.74 Å². The van der Waals surface area contributed by atoms with Crippen LogP contribution in [0.1, 0.15) is 0 Å². The van der Waals surface area contributed by atoms with E-state index in [4.69, 9.17) is 16.3 Å². The number of aryl methyl sites for hydroxylation is 1. The third-order valence-corrected chi connectivity index (χ3v) is 2.31. The van der Waals surface area contributed by atoms with Gasteiger partial charge in [0.25, 0.3) is 0 Å². The van der Waals surface area contributed by atoms with Crippen LogP contribution in [-0.2, 0) is 7.05 Å². The average Bonchev–Trinajstić information content (AvgIpc) is 2.47. The number of rotatable bonds is 1. The maximum atomic E-state index is 6.08. The number of hydrogen-bond acceptors (Lipinski definition) is 2. The molecule has 0 radical (unpaired) electrons. The standard InChI is InChI=1S/C9H9ClN2O/c1-12-5-6-7(11-12)3-4-8(13-2)9(6)10/h3-5H,1-2H3. The van der Waals surface area contributed by atoms with Gasteiger partial charge in [-0.3, -0.25) is 4.68 Å². The molecule has 13 heavy (non-hydrogen) atoms. The fourth-order valence-corrected chi connectivity index (χ4v) is 1.60. The van der Waals surface area contributed by atoms with Gasteiger partial charge in [0.15, 0.2) is 0 Å². The molecule has 0 atom stereocenters. The first-order valence-electron chi connectivity index (χ1n) is 3.88. The van der Waals surface area contributed by atoms with Gasteiger partial charge in [-0.25, -0.2) is 0 Å². The van der Waals surface area contributed by atoms with Crippen LogP contribution in [-0.4, -0.2) is 16.9 Å². The zero-order valence-electron chi connectivity index (χ0n) is 7.41. The molecule has 0 amide bonds. The second kappa shape index (κ2) is 2.92. The van der Waals surface area contributed by atoms with Gasteiger partial charge in [-0.2, -0.15) is 5.10 Å². The first-order chi connectivity index (χ1) is 6.22. The van der Waals surface area contributed by atoms with Crippen molar-refractivity contribution in [3.63, 3.8) is 0 Å². The molecule has 2 rings (SSSR count). The van der Waals surface area contributed by atoms with E-state index >= 15 is 0 Å². The fraction of sp³-hybridized carbons (Fsp3) is 0.222. The van der Waals surface area contributed by atoms with Crippen molar-refractivity contribution in [1.29, 1.82) is 0 Å². The summed E-state index contributed by atoms with van der Waals surface area (Å²) >= 11 is 6.08. The van der Waals surface area contributed by atoms with E-state index in [0.29, 0.717) is 10.8 Å². The molecule has 1 aromatic carbocycles. The number of hydrogen-bond donors (Lipinski definition) is 0. The molecule has 0 N–H and O–H groups in total. The largest absolute Gasteiger partial charge is 0.495 e. The topological polar surface area (TPSA) is 27.1 Å². The number of methoxy groups -OCH3 is 1. The van der Waals surface area contributed by atoms with Gasteiger partial charge in [0.1, 0.15) is 5.75 Å². The molecule has 2 aromatic rings. The molecule has 1 heterocycles. The van der Waals surface area contributed by atoms with Crippen LogP contribution in [0.2, 0.25) is 5.02 Å². The highest BCUT2D eigenvalue weighted by Crippen LogP contribution is 2.31. The van der Waals surface area contributed by atoms with E-state index < -0.39 is 0 Å². The van der Waals surface area contributed by atoms with Crippen LogP contribution in [0.25, 0.3) is 10.9 Å². The summed E-state index contributed by atoms with van der Waals surface area (Å²) in [4.78, 5) is 0. The zero-order chi connectivity index (χ0) is 9.42. The van der Waals surface area contributed by atoms with Crippen LogP contribution in [0.3, 0.4) is 0 Å². The molecule has 0 spiro atoms. The van der Waals surface area contributed by atoms with E-state index in [0.717, 1.165) is 10.9 Å². The van der Waals surface area contributed by atoms with Gasteiger partial charge in [-0.05, 0) is 12.1 Å². The molecule has 1 aromatic heterocycles. The second-order valence-corrected chi connectivity index (χ2v) is 3.20. The maximum Gasteiger partial charge on any atom is 0.138 e. The van der Waals surface area contributed by atoms with Crippen molar-refractivity contribution in [1.82, 2.24) is 9.78 Å². The molecule has 0 fully saturated rings. The van der Waals surface area contributed by atoms with Crippen molar-refractivity contribution in [2.45, 2.75) is 0 Å². The third-order valence-electron chi connectivity index (χ3n) is 1.92. The smallest absolute Gasteiger partial charge is 0.138 e. The lowest BCUT2D eigenvalue weighted by Gasteiger charge is -2.01. The Labute approximate surface area is 80.9 Å². The van der Waals surface area contributed by atoms with Crippen molar-refractivity contribution in [2.75, 3.05) is 7.11 Å². The molecule has 0 saturated carbocycles. The van der Waals surface area contributed by atoms with Gasteiger partial charge in [-0.15, -0.1) is 0 Å². The molecule has 0 aliphatic carbocycles. The number of nitrogens with zero attached hydrogens (tertiary/aromatic N) is 2. The van der Waals surface area contributed by atoms with Gasteiger partial charge in [0.2, 0.25) is 0 Å². The van der Waals surface area contributed by atoms with E-state index in [1.807, 2.05) is 25.4 Å². The Morgan fingerprint density at radius 3 is 2.92 bits per heavy atom. The lowest BCUT2D eigenvalue weighted by Crippen LogP contribution is -1.84. The Morgan fingerprint density at radius 2 is 2.23 bits per heavy atom. The molecular formula is C9H9ClN2O. The van der Waals surface area contributed by atoms with Crippen LogP contribution in [0.5, 0.6) is 5.75 Å². The average molecular weight is 197 g/mol. The number of benzene rings is 1. The minimum Gasteiger partial charge on any atom is -0.495 e. The highest BCUT2D eigenvalue weighted by molar-refractivity contribution is 6.36. The van der Waals surface area contributed by atoms with E-state index in [-0.39, 0.29) is 0 Å². The Bertz CT molecular complexity index is 450. The lowest BCUT2D eigenvalue weighted by atomic mass is 10.2. The van der Waals surface area contributed by atoms with Crippen LogP contribution in [0.4, 0.5) is 0 Å². The predicted molar refractivity (Wildman–Crippen MR) is 52.3 cm³/mol. The maximum absolute atomic E-state index is 6.08. The van der Waals surface area contributed by atoms with Crippen LogP contribution in [0.15, 0.2) is 18.3 Å². The Balaban J connectivity index is 2.78. The van der Waals surface area contributed by atoms with E-state index in [9.17, 15) is 0 Å². The molecule has 0 aliphatic heterocycles. The summed E-state index contributed by atoms with van der Waals surface area (Å²) in [6, 6.07) is 3.71. The molecule has 4 heteroatoms. The van der Waals surface area contributed by atoms with Crippen molar-refractivity contribution in [3.8, 4) is 5.75 Å². The first-order valence-corrected chi connectivity index (χ1v) is 4.26. The van der Waals surface area contributed by atoms with E-state index in [2.05, 4.69) is 5.10 Å². The Morgan fingerprint density at radius 1 is 1.46 bits per heavy atom. The van der Waals surface area contributed by atoms with Gasteiger partial charge >= 0.3 is 0 Å². The lowest BCUT2D eigenvalue weighted by molar-refractivity contribution is 0.415. The summed E-state index contributed by atoms with van der Waals surface area (Å²) in [5.74, 6) is 0.683. The first kappa shape index (κ1) is 8.38. The molecule has 68 valence electrons. The van der Waals surface area contributed by atoms with Crippen molar-refractivity contribution in [3.05, 3.63) is 23.4 Å². The quantitative estimate of drug-likeness (QED) is 0.700. The summed E-state index contributed by atoms with van der Waals surface area (Å²) in [5.41, 5.74) is 0.883. The Hall–Kier alpha value is -1.22. The molecular weight excluding hydrogens is 188 g/mol. The van der Waals surface area contributed by atoms with E-state index in [1.54, 1.807) is 11.8 Å². The molecule has 0 aliphatic rings. The fourth-order valence-electron chi connectivity index (χ4n) is 1.32. The highest BCUT2D eigenvalue weighted by atomic mass is 35.5. The molecule has 0 unspecified atom stereocenters. The zero-order valence-corrected chi connectivity index (χ0v) is 8.17. The summed E-state index contributed by atoms with van der Waals surface area (Å²) < 4.78 is 6.83. The minimum absolute atomic E-state index is 0.619. The highest BCUT2D eigenvalue weighted by Gasteiger charge is 2.07. The summed E-state index contributed by atoms with van der Waals surface area (Å²) in [7, 11) is 3.46. The SMILES string of the molecule is COc1ccc2nn(C)cc2c1Cl. The van der Waals surface area contributed by atoms with Gasteiger partial charge in [-0.1, -0.05) is 11.6 Å². The monoisotopic (exact) mass is 196 g/mol. The molecule has 0 saturated heterocycles. The van der Waals surface area contributed by atoms with Gasteiger partial charge in [0, 0.05) is 18.6 Å². The number of fused-ring (bicyclic) bond motifs is 1. The van der Waals surface area contributed by atoms with Crippen LogP contribution >= 0.6 is 11.6 Å².